The Balaban J connectivity index is 2.04. The Bertz CT molecular complexity index is 826. The molecule has 4 nitrogen and oxygen atoms in total. The van der Waals surface area contributed by atoms with Crippen molar-refractivity contribution < 1.29 is 14.0 Å². The molecule has 6 heteroatoms. The zero-order valence-electron chi connectivity index (χ0n) is 18.0. The fraction of sp³-hybridized carbons (Fsp3) is 0.417. The van der Waals surface area contributed by atoms with Crippen molar-refractivity contribution in [3.8, 4) is 0 Å². The van der Waals surface area contributed by atoms with Crippen molar-refractivity contribution in [3.05, 3.63) is 71.0 Å². The highest BCUT2D eigenvalue weighted by molar-refractivity contribution is 7.99. The van der Waals surface area contributed by atoms with E-state index in [1.54, 1.807) is 24.0 Å². The first-order valence-corrected chi connectivity index (χ1v) is 11.5. The lowest BCUT2D eigenvalue weighted by Crippen LogP contribution is -2.48. The minimum atomic E-state index is -0.599. The molecule has 0 saturated carbocycles. The smallest absolute Gasteiger partial charge is 0.242 e. The molecule has 0 aliphatic heterocycles. The van der Waals surface area contributed by atoms with Crippen molar-refractivity contribution in [2.24, 2.45) is 0 Å². The van der Waals surface area contributed by atoms with Crippen molar-refractivity contribution in [2.75, 3.05) is 12.3 Å². The number of aryl methyl sites for hydroxylation is 1. The van der Waals surface area contributed by atoms with Gasteiger partial charge in [0, 0.05) is 18.8 Å². The normalized spacial score (nSPS) is 11.7. The number of hydrogen-bond donors (Lipinski definition) is 1. The molecule has 1 unspecified atom stereocenters. The average Bonchev–Trinajstić information content (AvgIpc) is 2.74. The molecule has 1 atom stereocenters. The topological polar surface area (TPSA) is 49.4 Å². The fourth-order valence-electron chi connectivity index (χ4n) is 3.01. The van der Waals surface area contributed by atoms with Crippen molar-refractivity contribution in [1.29, 1.82) is 0 Å². The van der Waals surface area contributed by atoms with Gasteiger partial charge in [0.15, 0.2) is 0 Å². The fourth-order valence-corrected chi connectivity index (χ4v) is 3.99. The van der Waals surface area contributed by atoms with Crippen LogP contribution in [-0.2, 0) is 21.9 Å². The molecule has 30 heavy (non-hydrogen) atoms. The third kappa shape index (κ3) is 7.48. The number of carbonyl (C=O) groups excluding carboxylic acids is 2. The zero-order chi connectivity index (χ0) is 21.9. The largest absolute Gasteiger partial charge is 0.354 e. The molecule has 0 heterocycles. The van der Waals surface area contributed by atoms with E-state index in [1.165, 1.54) is 35.0 Å². The molecular formula is C24H31FN2O2S. The van der Waals surface area contributed by atoms with Crippen molar-refractivity contribution >= 4 is 23.6 Å². The second-order valence-corrected chi connectivity index (χ2v) is 8.37. The van der Waals surface area contributed by atoms with Crippen LogP contribution in [0.2, 0.25) is 0 Å². The summed E-state index contributed by atoms with van der Waals surface area (Å²) in [6.45, 7) is 6.73. The predicted octanol–water partition coefficient (Wildman–Crippen LogP) is 4.70. The molecule has 1 N–H and O–H groups in total. The van der Waals surface area contributed by atoms with E-state index in [1.807, 2.05) is 12.1 Å². The maximum absolute atomic E-state index is 13.3. The Labute approximate surface area is 183 Å². The third-order valence-corrected chi connectivity index (χ3v) is 5.97. The number of carbonyl (C=O) groups is 2. The first kappa shape index (κ1) is 23.9. The lowest BCUT2D eigenvalue weighted by atomic mass is 10.1. The van der Waals surface area contributed by atoms with Crippen LogP contribution in [0, 0.1) is 12.7 Å². The van der Waals surface area contributed by atoms with Gasteiger partial charge < -0.3 is 10.2 Å². The molecule has 2 amide bonds. The van der Waals surface area contributed by atoms with Crippen molar-refractivity contribution in [2.45, 2.75) is 52.0 Å². The molecular weight excluding hydrogens is 399 g/mol. The number of rotatable bonds is 11. The summed E-state index contributed by atoms with van der Waals surface area (Å²) in [5.74, 6) is 0.428. The second kappa shape index (κ2) is 12.4. The average molecular weight is 431 g/mol. The number of nitrogens with zero attached hydrogens (tertiary/aromatic N) is 1. The number of hydrogen-bond acceptors (Lipinski definition) is 3. The highest BCUT2D eigenvalue weighted by atomic mass is 32.2. The van der Waals surface area contributed by atoms with Gasteiger partial charge in [-0.15, -0.1) is 11.8 Å². The van der Waals surface area contributed by atoms with Crippen molar-refractivity contribution in [3.63, 3.8) is 0 Å². The molecule has 162 valence electrons. The first-order valence-electron chi connectivity index (χ1n) is 10.4. The van der Waals surface area contributed by atoms with Crippen molar-refractivity contribution in [1.82, 2.24) is 10.2 Å². The lowest BCUT2D eigenvalue weighted by Gasteiger charge is -2.29. The van der Waals surface area contributed by atoms with Gasteiger partial charge in [0.2, 0.25) is 11.8 Å². The van der Waals surface area contributed by atoms with Crippen LogP contribution < -0.4 is 5.32 Å². The van der Waals surface area contributed by atoms with Crippen LogP contribution in [0.1, 0.15) is 43.4 Å². The molecule has 0 fully saturated rings. The van der Waals surface area contributed by atoms with Gasteiger partial charge in [-0.25, -0.2) is 4.39 Å². The molecule has 0 aliphatic carbocycles. The van der Waals surface area contributed by atoms with E-state index >= 15 is 0 Å². The highest BCUT2D eigenvalue weighted by Crippen LogP contribution is 2.18. The first-order chi connectivity index (χ1) is 14.4. The van der Waals surface area contributed by atoms with E-state index in [4.69, 9.17) is 0 Å². The second-order valence-electron chi connectivity index (χ2n) is 7.39. The maximum Gasteiger partial charge on any atom is 0.242 e. The Kier molecular flexibility index (Phi) is 9.87. The van der Waals surface area contributed by atoms with Gasteiger partial charge >= 0.3 is 0 Å². The molecule has 2 aromatic carbocycles. The molecule has 0 aromatic heterocycles. The van der Waals surface area contributed by atoms with Crippen LogP contribution in [0.25, 0.3) is 0 Å². The quantitative estimate of drug-likeness (QED) is 0.526. The third-order valence-electron chi connectivity index (χ3n) is 5.01. The summed E-state index contributed by atoms with van der Waals surface area (Å²) in [6.07, 6.45) is 1.89. The van der Waals surface area contributed by atoms with Crippen LogP contribution in [0.4, 0.5) is 4.39 Å². The zero-order valence-corrected chi connectivity index (χ0v) is 18.8. The van der Waals surface area contributed by atoms with Gasteiger partial charge in [-0.05, 0) is 49.1 Å². The SMILES string of the molecule is CCCCNC(=O)C(C)N(Cc1ccc(F)cc1)C(=O)CSCc1ccccc1C. The van der Waals surface area contributed by atoms with E-state index in [0.717, 1.165) is 24.2 Å². The van der Waals surface area contributed by atoms with Gasteiger partial charge in [0.25, 0.3) is 0 Å². The number of amides is 2. The van der Waals surface area contributed by atoms with Crippen LogP contribution in [0.3, 0.4) is 0 Å². The van der Waals surface area contributed by atoms with Crippen LogP contribution >= 0.6 is 11.8 Å². The number of halogens is 1. The summed E-state index contributed by atoms with van der Waals surface area (Å²) in [4.78, 5) is 27.2. The Morgan fingerprint density at radius 3 is 2.50 bits per heavy atom. The Hall–Kier alpha value is -2.34. The Morgan fingerprint density at radius 1 is 1.13 bits per heavy atom. The molecule has 2 rings (SSSR count). The number of thioether (sulfide) groups is 1. The lowest BCUT2D eigenvalue weighted by molar-refractivity contribution is -0.138. The number of unbranched alkanes of at least 4 members (excludes halogenated alkanes) is 1. The summed E-state index contributed by atoms with van der Waals surface area (Å²) in [5.41, 5.74) is 3.19. The van der Waals surface area contributed by atoms with E-state index in [9.17, 15) is 14.0 Å². The minimum Gasteiger partial charge on any atom is -0.354 e. The predicted molar refractivity (Wildman–Crippen MR) is 122 cm³/mol. The summed E-state index contributed by atoms with van der Waals surface area (Å²) in [7, 11) is 0. The monoisotopic (exact) mass is 430 g/mol. The molecule has 0 aliphatic rings. The van der Waals surface area contributed by atoms with Gasteiger partial charge in [-0.2, -0.15) is 0 Å². The van der Waals surface area contributed by atoms with E-state index in [-0.39, 0.29) is 29.9 Å². The van der Waals surface area contributed by atoms with Gasteiger partial charge in [0.1, 0.15) is 11.9 Å². The molecule has 0 radical (unpaired) electrons. The summed E-state index contributed by atoms with van der Waals surface area (Å²) >= 11 is 1.54. The standard InChI is InChI=1S/C24H31FN2O2S/c1-4-5-14-26-24(29)19(3)27(15-20-10-12-22(25)13-11-20)23(28)17-30-16-21-9-7-6-8-18(21)2/h6-13,19H,4-5,14-17H2,1-3H3,(H,26,29). The van der Waals surface area contributed by atoms with Crippen LogP contribution in [0.5, 0.6) is 0 Å². The number of benzene rings is 2. The van der Waals surface area contributed by atoms with Gasteiger partial charge in [-0.3, -0.25) is 9.59 Å². The van der Waals surface area contributed by atoms with E-state index < -0.39 is 6.04 Å². The maximum atomic E-state index is 13.3. The molecule has 0 spiro atoms. The Morgan fingerprint density at radius 2 is 1.83 bits per heavy atom. The molecule has 0 bridgehead atoms. The molecule has 0 saturated heterocycles. The van der Waals surface area contributed by atoms with Crippen LogP contribution in [-0.4, -0.2) is 35.1 Å². The summed E-state index contributed by atoms with van der Waals surface area (Å²) < 4.78 is 13.3. The van der Waals surface area contributed by atoms with E-state index in [2.05, 4.69) is 31.3 Å². The van der Waals surface area contributed by atoms with Gasteiger partial charge in [0.05, 0.1) is 5.75 Å². The molecule has 2 aromatic rings. The van der Waals surface area contributed by atoms with E-state index in [0.29, 0.717) is 6.54 Å². The summed E-state index contributed by atoms with van der Waals surface area (Å²) in [5, 5.41) is 2.90. The highest BCUT2D eigenvalue weighted by Gasteiger charge is 2.25. The van der Waals surface area contributed by atoms with Crippen LogP contribution in [0.15, 0.2) is 48.5 Å². The number of nitrogens with one attached hydrogen (secondary N) is 1. The summed E-state index contributed by atoms with van der Waals surface area (Å²) in [6, 6.07) is 13.6. The minimum absolute atomic E-state index is 0.101. The van der Waals surface area contributed by atoms with Gasteiger partial charge in [-0.1, -0.05) is 49.7 Å².